The van der Waals surface area contributed by atoms with Crippen molar-refractivity contribution in [1.82, 2.24) is 0 Å². The predicted molar refractivity (Wildman–Crippen MR) is 74.9 cm³/mol. The monoisotopic (exact) mass is 256 g/mol. The molecule has 1 nitrogen and oxygen atoms in total. The van der Waals surface area contributed by atoms with Crippen LogP contribution in [0.2, 0.25) is 0 Å². The van der Waals surface area contributed by atoms with Crippen LogP contribution in [0.1, 0.15) is 29.9 Å². The van der Waals surface area contributed by atoms with E-state index in [1.165, 1.54) is 11.1 Å². The second-order valence-electron chi connectivity index (χ2n) is 4.96. The van der Waals surface area contributed by atoms with Crippen LogP contribution < -0.4 is 0 Å². The van der Waals surface area contributed by atoms with Crippen LogP contribution in [0, 0.1) is 5.92 Å². The van der Waals surface area contributed by atoms with Crippen LogP contribution in [0.25, 0.3) is 0 Å². The van der Waals surface area contributed by atoms with Crippen molar-refractivity contribution in [3.8, 4) is 0 Å². The largest absolute Gasteiger partial charge is 0.299 e. The number of Topliss-reactive ketones (excluding diaryl/α,β-unsaturated/α-hetero) is 1. The second kappa shape index (κ2) is 5.07. The molecule has 0 saturated heterocycles. The SMILES string of the molecule is O=C(CCc1ccsc1)C1CC1c1ccccc1. The Hall–Kier alpha value is -1.41. The first-order valence-electron chi connectivity index (χ1n) is 6.43. The number of benzene rings is 1. The van der Waals surface area contributed by atoms with Gasteiger partial charge < -0.3 is 0 Å². The Labute approximate surface area is 111 Å². The zero-order valence-electron chi connectivity index (χ0n) is 10.2. The number of rotatable bonds is 5. The number of aryl methyl sites for hydroxylation is 1. The van der Waals surface area contributed by atoms with Crippen molar-refractivity contribution in [3.05, 3.63) is 58.3 Å². The van der Waals surface area contributed by atoms with E-state index in [1.54, 1.807) is 11.3 Å². The van der Waals surface area contributed by atoms with Crippen LogP contribution in [0.3, 0.4) is 0 Å². The molecule has 0 aliphatic heterocycles. The Morgan fingerprint density at radius 1 is 1.22 bits per heavy atom. The maximum absolute atomic E-state index is 12.1. The van der Waals surface area contributed by atoms with E-state index in [2.05, 4.69) is 41.1 Å². The minimum Gasteiger partial charge on any atom is -0.299 e. The highest BCUT2D eigenvalue weighted by atomic mass is 32.1. The molecule has 1 aliphatic carbocycles. The fourth-order valence-corrected chi connectivity index (χ4v) is 3.21. The molecule has 1 saturated carbocycles. The van der Waals surface area contributed by atoms with Gasteiger partial charge in [0.1, 0.15) is 5.78 Å². The number of carbonyl (C=O) groups is 1. The smallest absolute Gasteiger partial charge is 0.136 e. The summed E-state index contributed by atoms with van der Waals surface area (Å²) in [5, 5.41) is 4.21. The first-order valence-corrected chi connectivity index (χ1v) is 7.37. The van der Waals surface area contributed by atoms with Gasteiger partial charge in [0, 0.05) is 12.3 Å². The first kappa shape index (κ1) is 11.7. The molecule has 92 valence electrons. The van der Waals surface area contributed by atoms with Crippen molar-refractivity contribution in [3.63, 3.8) is 0 Å². The van der Waals surface area contributed by atoms with E-state index in [9.17, 15) is 4.79 Å². The van der Waals surface area contributed by atoms with Crippen LogP contribution in [-0.4, -0.2) is 5.78 Å². The van der Waals surface area contributed by atoms with Crippen LogP contribution in [0.5, 0.6) is 0 Å². The average Bonchev–Trinajstić information content (AvgIpc) is 3.05. The molecular weight excluding hydrogens is 240 g/mol. The molecule has 1 aromatic heterocycles. The molecule has 3 rings (SSSR count). The Morgan fingerprint density at radius 3 is 2.78 bits per heavy atom. The molecule has 1 aliphatic rings. The molecule has 0 radical (unpaired) electrons. The number of ketones is 1. The van der Waals surface area contributed by atoms with E-state index < -0.39 is 0 Å². The van der Waals surface area contributed by atoms with Gasteiger partial charge in [-0.25, -0.2) is 0 Å². The number of hydrogen-bond acceptors (Lipinski definition) is 2. The third-order valence-corrected chi connectivity index (χ3v) is 4.40. The summed E-state index contributed by atoms with van der Waals surface area (Å²) >= 11 is 1.70. The molecule has 2 heteroatoms. The van der Waals surface area contributed by atoms with E-state index in [4.69, 9.17) is 0 Å². The van der Waals surface area contributed by atoms with Crippen molar-refractivity contribution in [1.29, 1.82) is 0 Å². The molecule has 0 amide bonds. The number of hydrogen-bond donors (Lipinski definition) is 0. The van der Waals surface area contributed by atoms with Gasteiger partial charge in [-0.2, -0.15) is 11.3 Å². The fourth-order valence-electron chi connectivity index (χ4n) is 2.51. The summed E-state index contributed by atoms with van der Waals surface area (Å²) in [6, 6.07) is 12.5. The van der Waals surface area contributed by atoms with Gasteiger partial charge in [-0.05, 0) is 46.7 Å². The normalized spacial score (nSPS) is 21.8. The molecule has 0 bridgehead atoms. The van der Waals surface area contributed by atoms with E-state index in [0.717, 1.165) is 12.8 Å². The fraction of sp³-hybridized carbons (Fsp3) is 0.312. The zero-order valence-corrected chi connectivity index (χ0v) is 11.0. The summed E-state index contributed by atoms with van der Waals surface area (Å²) in [6.07, 6.45) is 2.65. The minimum absolute atomic E-state index is 0.283. The van der Waals surface area contributed by atoms with E-state index in [-0.39, 0.29) is 5.92 Å². The second-order valence-corrected chi connectivity index (χ2v) is 5.74. The van der Waals surface area contributed by atoms with Crippen LogP contribution >= 0.6 is 11.3 Å². The topological polar surface area (TPSA) is 17.1 Å². The minimum atomic E-state index is 0.283. The molecule has 2 unspecified atom stereocenters. The third kappa shape index (κ3) is 2.54. The molecule has 18 heavy (non-hydrogen) atoms. The van der Waals surface area contributed by atoms with Gasteiger partial charge in [0.05, 0.1) is 0 Å². The molecular formula is C16H16OS. The number of thiophene rings is 1. The average molecular weight is 256 g/mol. The lowest BCUT2D eigenvalue weighted by Gasteiger charge is -2.00. The highest BCUT2D eigenvalue weighted by molar-refractivity contribution is 7.07. The summed E-state index contributed by atoms with van der Waals surface area (Å²) in [5.41, 5.74) is 2.62. The van der Waals surface area contributed by atoms with Crippen molar-refractivity contribution < 1.29 is 4.79 Å². The standard InChI is InChI=1S/C16H16OS/c17-16(7-6-12-8-9-18-11-12)15-10-14(15)13-4-2-1-3-5-13/h1-5,8-9,11,14-15H,6-7,10H2. The summed E-state index contributed by atoms with van der Waals surface area (Å²) in [4.78, 5) is 12.1. The lowest BCUT2D eigenvalue weighted by atomic mass is 10.0. The Morgan fingerprint density at radius 2 is 2.06 bits per heavy atom. The molecule has 1 heterocycles. The molecule has 2 aromatic rings. The summed E-state index contributed by atoms with van der Waals surface area (Å²) in [7, 11) is 0. The highest BCUT2D eigenvalue weighted by Gasteiger charge is 2.42. The molecule has 2 atom stereocenters. The first-order chi connectivity index (χ1) is 8.84. The lowest BCUT2D eigenvalue weighted by molar-refractivity contribution is -0.120. The van der Waals surface area contributed by atoms with E-state index in [0.29, 0.717) is 18.1 Å². The summed E-state index contributed by atoms with van der Waals surface area (Å²) in [6.45, 7) is 0. The van der Waals surface area contributed by atoms with Gasteiger partial charge >= 0.3 is 0 Å². The predicted octanol–water partition coefficient (Wildman–Crippen LogP) is 4.05. The van der Waals surface area contributed by atoms with Gasteiger partial charge in [-0.1, -0.05) is 30.3 Å². The molecule has 0 spiro atoms. The van der Waals surface area contributed by atoms with Gasteiger partial charge in [-0.3, -0.25) is 4.79 Å². The highest BCUT2D eigenvalue weighted by Crippen LogP contribution is 2.48. The maximum atomic E-state index is 12.1. The van der Waals surface area contributed by atoms with E-state index >= 15 is 0 Å². The Bertz CT molecular complexity index is 515. The Kier molecular flexibility index (Phi) is 3.28. The van der Waals surface area contributed by atoms with Crippen molar-refractivity contribution in [2.45, 2.75) is 25.2 Å². The van der Waals surface area contributed by atoms with Crippen LogP contribution in [0.15, 0.2) is 47.2 Å². The van der Waals surface area contributed by atoms with Crippen LogP contribution in [-0.2, 0) is 11.2 Å². The van der Waals surface area contributed by atoms with E-state index in [1.807, 2.05) is 6.07 Å². The Balaban J connectivity index is 1.53. The van der Waals surface area contributed by atoms with Gasteiger partial charge in [0.15, 0.2) is 0 Å². The molecule has 0 N–H and O–H groups in total. The maximum Gasteiger partial charge on any atom is 0.136 e. The zero-order chi connectivity index (χ0) is 12.4. The molecule has 1 fully saturated rings. The summed E-state index contributed by atoms with van der Waals surface area (Å²) in [5.74, 6) is 1.21. The molecule has 1 aromatic carbocycles. The quantitative estimate of drug-likeness (QED) is 0.788. The van der Waals surface area contributed by atoms with Crippen LogP contribution in [0.4, 0.5) is 0 Å². The van der Waals surface area contributed by atoms with Crippen molar-refractivity contribution in [2.75, 3.05) is 0 Å². The number of carbonyl (C=O) groups excluding carboxylic acids is 1. The van der Waals surface area contributed by atoms with Gasteiger partial charge in [0.25, 0.3) is 0 Å². The van der Waals surface area contributed by atoms with Crippen molar-refractivity contribution >= 4 is 17.1 Å². The van der Waals surface area contributed by atoms with Crippen molar-refractivity contribution in [2.24, 2.45) is 5.92 Å². The van der Waals surface area contributed by atoms with Gasteiger partial charge in [0.2, 0.25) is 0 Å². The summed E-state index contributed by atoms with van der Waals surface area (Å²) < 4.78 is 0. The third-order valence-electron chi connectivity index (χ3n) is 3.67. The van der Waals surface area contributed by atoms with Gasteiger partial charge in [-0.15, -0.1) is 0 Å². The lowest BCUT2D eigenvalue weighted by Crippen LogP contribution is -2.03.